The van der Waals surface area contributed by atoms with Gasteiger partial charge in [0.25, 0.3) is 0 Å². The monoisotopic (exact) mass is 499 g/mol. The minimum atomic E-state index is -0.473. The van der Waals surface area contributed by atoms with E-state index >= 15 is 0 Å². The van der Waals surface area contributed by atoms with Crippen molar-refractivity contribution in [1.82, 2.24) is 0 Å². The van der Waals surface area contributed by atoms with E-state index in [4.69, 9.17) is 17.0 Å². The summed E-state index contributed by atoms with van der Waals surface area (Å²) in [6.07, 6.45) is 3.82. The Hall–Kier alpha value is -1.53. The molecule has 0 fully saturated rings. The Kier molecular flexibility index (Phi) is 14.5. The van der Waals surface area contributed by atoms with Crippen molar-refractivity contribution < 1.29 is 56.6 Å². The Morgan fingerprint density at radius 3 is 1.13 bits per heavy atom. The summed E-state index contributed by atoms with van der Waals surface area (Å²) in [6, 6.07) is 0. The molecule has 0 amide bonds. The molecule has 0 saturated carbocycles. The Balaban J connectivity index is 4.74. The van der Waals surface area contributed by atoms with Gasteiger partial charge < -0.3 is 0 Å². The predicted octanol–water partition coefficient (Wildman–Crippen LogP) is 3.90. The molecule has 167 valence electrons. The van der Waals surface area contributed by atoms with Gasteiger partial charge in [-0.3, -0.25) is 0 Å². The van der Waals surface area contributed by atoms with Crippen molar-refractivity contribution in [2.45, 2.75) is 64.9 Å². The molecule has 0 bridgehead atoms. The van der Waals surface area contributed by atoms with Gasteiger partial charge in [0.15, 0.2) is 0 Å². The molecule has 0 spiro atoms. The minimum absolute atomic E-state index is 0.266. The van der Waals surface area contributed by atoms with Crippen molar-refractivity contribution in [1.29, 1.82) is 0 Å². The van der Waals surface area contributed by atoms with Crippen molar-refractivity contribution in [2.75, 3.05) is 19.8 Å². The molecule has 0 aromatic rings. The SMILES string of the molecule is C=C(C)C(=O)OCCCC(CCCOC(=O)C(=C)C)(CCCOC(=O)C(=C)C)[O][Zr]. The molecular formula is C22H33O7Zr. The van der Waals surface area contributed by atoms with Crippen LogP contribution in [0.3, 0.4) is 0 Å². The van der Waals surface area contributed by atoms with E-state index in [9.17, 15) is 14.4 Å². The first-order valence-corrected chi connectivity index (χ1v) is 10.9. The maximum atomic E-state index is 11.5. The zero-order valence-electron chi connectivity index (χ0n) is 18.3. The molecule has 7 nitrogen and oxygen atoms in total. The first-order valence-electron chi connectivity index (χ1n) is 9.87. The second kappa shape index (κ2) is 15.3. The van der Waals surface area contributed by atoms with Gasteiger partial charge >= 0.3 is 196 Å². The fraction of sp³-hybridized carbons (Fsp3) is 0.591. The van der Waals surface area contributed by atoms with Crippen molar-refractivity contribution in [2.24, 2.45) is 0 Å². The molecule has 0 aromatic heterocycles. The Morgan fingerprint density at radius 1 is 0.667 bits per heavy atom. The molecule has 0 aliphatic heterocycles. The van der Waals surface area contributed by atoms with Crippen LogP contribution in [-0.4, -0.2) is 43.3 Å². The van der Waals surface area contributed by atoms with Gasteiger partial charge in [0.05, 0.1) is 0 Å². The number of hydrogen-bond acceptors (Lipinski definition) is 7. The third-order valence-corrected chi connectivity index (χ3v) is 5.36. The quantitative estimate of drug-likeness (QED) is 0.137. The predicted molar refractivity (Wildman–Crippen MR) is 109 cm³/mol. The average Bonchev–Trinajstić information content (AvgIpc) is 2.70. The van der Waals surface area contributed by atoms with Gasteiger partial charge in [0.2, 0.25) is 0 Å². The molecule has 0 aromatic carbocycles. The third kappa shape index (κ3) is 12.2. The fourth-order valence-corrected chi connectivity index (χ4v) is 3.33. The third-order valence-electron chi connectivity index (χ3n) is 4.29. The summed E-state index contributed by atoms with van der Waals surface area (Å²) in [5, 5.41) is 0. The van der Waals surface area contributed by atoms with E-state index in [1.54, 1.807) is 20.8 Å². The van der Waals surface area contributed by atoms with E-state index in [2.05, 4.69) is 19.7 Å². The fourth-order valence-electron chi connectivity index (χ4n) is 2.58. The van der Waals surface area contributed by atoms with Crippen LogP contribution in [0, 0.1) is 0 Å². The molecule has 0 N–H and O–H groups in total. The Bertz CT molecular complexity index is 556. The summed E-state index contributed by atoms with van der Waals surface area (Å²) in [7, 11) is 0. The van der Waals surface area contributed by atoms with Gasteiger partial charge in [0, 0.05) is 0 Å². The van der Waals surface area contributed by atoms with Crippen LogP contribution in [0.15, 0.2) is 36.5 Å². The van der Waals surface area contributed by atoms with Crippen LogP contribution in [0.2, 0.25) is 0 Å². The van der Waals surface area contributed by atoms with E-state index in [0.29, 0.717) is 55.2 Å². The molecule has 0 atom stereocenters. The van der Waals surface area contributed by atoms with E-state index in [1.807, 2.05) is 0 Å². The number of carbonyl (C=O) groups excluding carboxylic acids is 3. The van der Waals surface area contributed by atoms with Crippen LogP contribution in [0.25, 0.3) is 0 Å². The van der Waals surface area contributed by atoms with Crippen molar-refractivity contribution in [3.05, 3.63) is 36.5 Å². The molecule has 0 unspecified atom stereocenters. The van der Waals surface area contributed by atoms with Crippen LogP contribution in [-0.2, 0) is 56.6 Å². The number of ether oxygens (including phenoxy) is 3. The number of rotatable bonds is 16. The number of esters is 3. The Labute approximate surface area is 195 Å². The molecule has 0 rings (SSSR count). The zero-order chi connectivity index (χ0) is 23.2. The van der Waals surface area contributed by atoms with Crippen LogP contribution in [0.4, 0.5) is 0 Å². The summed E-state index contributed by atoms with van der Waals surface area (Å²) in [5.41, 5.74) is 0.601. The van der Waals surface area contributed by atoms with Crippen LogP contribution in [0.1, 0.15) is 59.3 Å². The van der Waals surface area contributed by atoms with E-state index < -0.39 is 23.5 Å². The topological polar surface area (TPSA) is 88.1 Å². The standard InChI is InChI=1S/C22H33O7.Zr/c1-16(2)19(23)27-13-7-10-22(26,11-8-14-28-20(24)17(3)4)12-9-15-29-21(25)18(5)6;/h1,3,5,7-15H2,2,4,6H3;/q-1;+1. The first-order chi connectivity index (χ1) is 14.0. The second-order valence-corrected chi connectivity index (χ2v) is 7.85. The molecule has 30 heavy (non-hydrogen) atoms. The number of carbonyl (C=O) groups is 3. The average molecular weight is 501 g/mol. The van der Waals surface area contributed by atoms with Gasteiger partial charge in [-0.1, -0.05) is 0 Å². The summed E-state index contributed by atoms with van der Waals surface area (Å²) in [4.78, 5) is 34.6. The number of hydrogen-bond donors (Lipinski definition) is 0. The van der Waals surface area contributed by atoms with Crippen molar-refractivity contribution >= 4 is 17.9 Å². The van der Waals surface area contributed by atoms with Gasteiger partial charge in [-0.2, -0.15) is 0 Å². The Morgan fingerprint density at radius 2 is 0.933 bits per heavy atom. The molecule has 8 heteroatoms. The van der Waals surface area contributed by atoms with Gasteiger partial charge in [-0.05, 0) is 0 Å². The van der Waals surface area contributed by atoms with Gasteiger partial charge in [-0.25, -0.2) is 0 Å². The van der Waals surface area contributed by atoms with E-state index in [-0.39, 0.29) is 19.8 Å². The normalized spacial score (nSPS) is 10.7. The van der Waals surface area contributed by atoms with Crippen LogP contribution < -0.4 is 0 Å². The zero-order valence-corrected chi connectivity index (χ0v) is 20.8. The van der Waals surface area contributed by atoms with E-state index in [0.717, 1.165) is 25.2 Å². The molecule has 0 aliphatic rings. The van der Waals surface area contributed by atoms with Crippen LogP contribution >= 0.6 is 0 Å². The molecular weight excluding hydrogens is 467 g/mol. The van der Waals surface area contributed by atoms with Crippen molar-refractivity contribution in [3.8, 4) is 0 Å². The summed E-state index contributed by atoms with van der Waals surface area (Å²) in [5.74, 6) is -1.24. The second-order valence-electron chi connectivity index (χ2n) is 7.34. The molecule has 0 saturated heterocycles. The van der Waals surface area contributed by atoms with Gasteiger partial charge in [-0.15, -0.1) is 0 Å². The molecule has 0 radical (unpaired) electrons. The maximum absolute atomic E-state index is 11.5. The molecule has 0 aliphatic carbocycles. The van der Waals surface area contributed by atoms with Gasteiger partial charge in [0.1, 0.15) is 0 Å². The summed E-state index contributed by atoms with van der Waals surface area (Å²) in [6.45, 7) is 16.3. The summed E-state index contributed by atoms with van der Waals surface area (Å²) >= 11 is 0.907. The summed E-state index contributed by atoms with van der Waals surface area (Å²) < 4.78 is 21.4. The van der Waals surface area contributed by atoms with E-state index in [1.165, 1.54) is 0 Å². The first kappa shape index (κ1) is 28.5. The van der Waals surface area contributed by atoms with Crippen molar-refractivity contribution in [3.63, 3.8) is 0 Å². The van der Waals surface area contributed by atoms with Crippen LogP contribution in [0.5, 0.6) is 0 Å². The molecule has 0 heterocycles.